The maximum Gasteiger partial charge on any atom is 0.0642 e. The molecule has 3 nitrogen and oxygen atoms in total. The van der Waals surface area contributed by atoms with Gasteiger partial charge in [-0.25, -0.2) is 0 Å². The molecule has 0 aromatic heterocycles. The van der Waals surface area contributed by atoms with Gasteiger partial charge in [-0.1, -0.05) is 23.7 Å². The average molecular weight is 297 g/mol. The first-order valence-electron chi connectivity index (χ1n) is 7.59. The highest BCUT2D eigenvalue weighted by Gasteiger charge is 2.21. The van der Waals surface area contributed by atoms with Crippen molar-refractivity contribution in [1.29, 1.82) is 0 Å². The molecule has 0 amide bonds. The van der Waals surface area contributed by atoms with Crippen LogP contribution in [0, 0.1) is 0 Å². The molecule has 0 bridgehead atoms. The average Bonchev–Trinajstić information content (AvgIpc) is 3.27. The van der Waals surface area contributed by atoms with E-state index in [0.717, 1.165) is 43.6 Å². The van der Waals surface area contributed by atoms with E-state index in [-0.39, 0.29) is 0 Å². The maximum absolute atomic E-state index is 6.44. The van der Waals surface area contributed by atoms with E-state index in [4.69, 9.17) is 16.3 Å². The van der Waals surface area contributed by atoms with E-state index in [1.54, 1.807) is 0 Å². The molecule has 2 rings (SSSR count). The van der Waals surface area contributed by atoms with Crippen LogP contribution in [0.3, 0.4) is 0 Å². The minimum Gasteiger partial charge on any atom is -0.380 e. The highest BCUT2D eigenvalue weighted by Crippen LogP contribution is 2.30. The lowest BCUT2D eigenvalue weighted by Gasteiger charge is -2.27. The number of benzene rings is 1. The van der Waals surface area contributed by atoms with Crippen molar-refractivity contribution >= 4 is 17.3 Å². The van der Waals surface area contributed by atoms with Crippen molar-refractivity contribution < 1.29 is 4.74 Å². The van der Waals surface area contributed by atoms with Crippen molar-refractivity contribution in [3.63, 3.8) is 0 Å². The summed E-state index contributed by atoms with van der Waals surface area (Å²) in [7, 11) is 0. The number of halogens is 1. The molecule has 1 aliphatic rings. The molecular weight excluding hydrogens is 272 g/mol. The van der Waals surface area contributed by atoms with Gasteiger partial charge in [0.25, 0.3) is 0 Å². The molecule has 0 atom stereocenters. The van der Waals surface area contributed by atoms with Crippen LogP contribution >= 0.6 is 11.6 Å². The molecule has 112 valence electrons. The van der Waals surface area contributed by atoms with Crippen molar-refractivity contribution in [2.24, 2.45) is 0 Å². The second-order valence-corrected chi connectivity index (χ2v) is 5.59. The molecule has 1 N–H and O–H groups in total. The number of anilines is 1. The summed E-state index contributed by atoms with van der Waals surface area (Å²) in [5, 5.41) is 4.40. The number of likely N-dealkylation sites (N-methyl/N-ethyl adjacent to an activating group) is 1. The first-order valence-corrected chi connectivity index (χ1v) is 7.97. The number of rotatable bonds is 9. The van der Waals surface area contributed by atoms with E-state index in [0.29, 0.717) is 6.04 Å². The van der Waals surface area contributed by atoms with E-state index in [1.807, 2.05) is 19.1 Å². The predicted octanol–water partition coefficient (Wildman–Crippen LogP) is 3.45. The summed E-state index contributed by atoms with van der Waals surface area (Å²) in [6, 6.07) is 6.88. The van der Waals surface area contributed by atoms with E-state index >= 15 is 0 Å². The molecule has 1 saturated carbocycles. The van der Waals surface area contributed by atoms with Gasteiger partial charge in [-0.3, -0.25) is 0 Å². The summed E-state index contributed by atoms with van der Waals surface area (Å²) in [6.45, 7) is 8.40. The summed E-state index contributed by atoms with van der Waals surface area (Å²) < 4.78 is 5.47. The Balaban J connectivity index is 2.08. The molecule has 0 spiro atoms. The fourth-order valence-corrected chi connectivity index (χ4v) is 2.66. The number of hydrogen-bond donors (Lipinski definition) is 1. The lowest BCUT2D eigenvalue weighted by Crippen LogP contribution is -2.29. The van der Waals surface area contributed by atoms with Crippen molar-refractivity contribution in [3.05, 3.63) is 28.8 Å². The molecule has 20 heavy (non-hydrogen) atoms. The van der Waals surface area contributed by atoms with Crippen LogP contribution in [-0.4, -0.2) is 32.3 Å². The number of para-hydroxylation sites is 1. The number of hydrogen-bond acceptors (Lipinski definition) is 3. The Morgan fingerprint density at radius 1 is 1.35 bits per heavy atom. The fourth-order valence-electron chi connectivity index (χ4n) is 2.35. The Hall–Kier alpha value is -0.770. The van der Waals surface area contributed by atoms with Gasteiger partial charge in [0.2, 0.25) is 0 Å². The van der Waals surface area contributed by atoms with E-state index in [2.05, 4.69) is 23.2 Å². The number of nitrogens with one attached hydrogen (secondary N) is 1. The predicted molar refractivity (Wildman–Crippen MR) is 85.7 cm³/mol. The Kier molecular flexibility index (Phi) is 6.14. The zero-order valence-corrected chi connectivity index (χ0v) is 13.2. The quantitative estimate of drug-likeness (QED) is 0.706. The third-order valence-electron chi connectivity index (χ3n) is 3.64. The van der Waals surface area contributed by atoms with Gasteiger partial charge in [-0.05, 0) is 38.3 Å². The van der Waals surface area contributed by atoms with Crippen molar-refractivity contribution in [1.82, 2.24) is 5.32 Å². The zero-order chi connectivity index (χ0) is 14.4. The Morgan fingerprint density at radius 2 is 2.15 bits per heavy atom. The fraction of sp³-hybridized carbons (Fsp3) is 0.625. The normalized spacial score (nSPS) is 14.6. The molecule has 0 radical (unpaired) electrons. The van der Waals surface area contributed by atoms with Crippen LogP contribution in [0.4, 0.5) is 5.69 Å². The van der Waals surface area contributed by atoms with Gasteiger partial charge in [0, 0.05) is 32.3 Å². The molecule has 0 heterocycles. The van der Waals surface area contributed by atoms with Crippen LogP contribution in [-0.2, 0) is 11.3 Å². The second kappa shape index (κ2) is 7.87. The highest BCUT2D eigenvalue weighted by molar-refractivity contribution is 6.33. The van der Waals surface area contributed by atoms with Crippen molar-refractivity contribution in [2.45, 2.75) is 39.3 Å². The summed E-state index contributed by atoms with van der Waals surface area (Å²) in [4.78, 5) is 2.31. The first kappa shape index (κ1) is 15.6. The third-order valence-corrected chi connectivity index (χ3v) is 3.94. The second-order valence-electron chi connectivity index (χ2n) is 5.18. The molecule has 1 aromatic carbocycles. The van der Waals surface area contributed by atoms with Crippen LogP contribution in [0.2, 0.25) is 5.02 Å². The third kappa shape index (κ3) is 4.37. The molecule has 0 saturated heterocycles. The maximum atomic E-state index is 6.44. The van der Waals surface area contributed by atoms with E-state index in [9.17, 15) is 0 Å². The summed E-state index contributed by atoms with van der Waals surface area (Å²) in [5.74, 6) is 0. The van der Waals surface area contributed by atoms with Crippen molar-refractivity contribution in [2.75, 3.05) is 31.2 Å². The Labute approximate surface area is 127 Å². The Morgan fingerprint density at radius 3 is 2.80 bits per heavy atom. The SMILES string of the molecule is CCOCCN(CC)c1c(Cl)cccc1CNC1CC1. The molecule has 1 fully saturated rings. The molecule has 4 heteroatoms. The molecule has 1 aliphatic carbocycles. The highest BCUT2D eigenvalue weighted by atomic mass is 35.5. The zero-order valence-electron chi connectivity index (χ0n) is 12.5. The number of nitrogens with zero attached hydrogens (tertiary/aromatic N) is 1. The minimum absolute atomic E-state index is 0.709. The van der Waals surface area contributed by atoms with E-state index in [1.165, 1.54) is 18.4 Å². The van der Waals surface area contributed by atoms with Gasteiger partial charge in [0.05, 0.1) is 17.3 Å². The van der Waals surface area contributed by atoms with E-state index < -0.39 is 0 Å². The van der Waals surface area contributed by atoms with Gasteiger partial charge in [0.1, 0.15) is 0 Å². The van der Waals surface area contributed by atoms with Crippen LogP contribution in [0.1, 0.15) is 32.3 Å². The van der Waals surface area contributed by atoms with Gasteiger partial charge in [-0.15, -0.1) is 0 Å². The lowest BCUT2D eigenvalue weighted by molar-refractivity contribution is 0.154. The molecule has 1 aromatic rings. The van der Waals surface area contributed by atoms with Crippen LogP contribution in [0.25, 0.3) is 0 Å². The largest absolute Gasteiger partial charge is 0.380 e. The topological polar surface area (TPSA) is 24.5 Å². The standard InChI is InChI=1S/C16H25ClN2O/c1-3-19(10-11-20-4-2)16-13(6-5-7-15(16)17)12-18-14-8-9-14/h5-7,14,18H,3-4,8-12H2,1-2H3. The number of ether oxygens (including phenoxy) is 1. The van der Waals surface area contributed by atoms with Crippen LogP contribution < -0.4 is 10.2 Å². The smallest absolute Gasteiger partial charge is 0.0642 e. The lowest BCUT2D eigenvalue weighted by atomic mass is 10.1. The summed E-state index contributed by atoms with van der Waals surface area (Å²) >= 11 is 6.44. The molecular formula is C16H25ClN2O. The Bertz CT molecular complexity index is 421. The van der Waals surface area contributed by atoms with Gasteiger partial charge in [-0.2, -0.15) is 0 Å². The van der Waals surface area contributed by atoms with Gasteiger partial charge < -0.3 is 15.0 Å². The van der Waals surface area contributed by atoms with Gasteiger partial charge >= 0.3 is 0 Å². The van der Waals surface area contributed by atoms with Crippen LogP contribution in [0.15, 0.2) is 18.2 Å². The summed E-state index contributed by atoms with van der Waals surface area (Å²) in [5.41, 5.74) is 2.44. The summed E-state index contributed by atoms with van der Waals surface area (Å²) in [6.07, 6.45) is 2.61. The first-order chi connectivity index (χ1) is 9.76. The van der Waals surface area contributed by atoms with Crippen molar-refractivity contribution in [3.8, 4) is 0 Å². The minimum atomic E-state index is 0.709. The molecule has 0 aliphatic heterocycles. The molecule has 0 unspecified atom stereocenters. The van der Waals surface area contributed by atoms with Crippen LogP contribution in [0.5, 0.6) is 0 Å². The monoisotopic (exact) mass is 296 g/mol. The van der Waals surface area contributed by atoms with Gasteiger partial charge in [0.15, 0.2) is 0 Å².